The highest BCUT2D eigenvalue weighted by Gasteiger charge is 2.19. The van der Waals surface area contributed by atoms with Gasteiger partial charge >= 0.3 is 0 Å². The minimum Gasteiger partial charge on any atom is -0.494 e. The average Bonchev–Trinajstić information content (AvgIpc) is 3.18. The van der Waals surface area contributed by atoms with Crippen LogP contribution in [0, 0.1) is 5.82 Å². The van der Waals surface area contributed by atoms with E-state index in [1.165, 1.54) is 13.2 Å². The van der Waals surface area contributed by atoms with Crippen LogP contribution in [0.3, 0.4) is 0 Å². The summed E-state index contributed by atoms with van der Waals surface area (Å²) in [6, 6.07) is 6.86. The van der Waals surface area contributed by atoms with Gasteiger partial charge in [0, 0.05) is 12.4 Å². The lowest BCUT2D eigenvalue weighted by molar-refractivity contribution is 0.387. The molecule has 1 N–H and O–H groups in total. The van der Waals surface area contributed by atoms with Gasteiger partial charge in [-0.25, -0.2) is 14.1 Å². The molecule has 0 aliphatic carbocycles. The lowest BCUT2D eigenvalue weighted by Gasteiger charge is -2.07. The van der Waals surface area contributed by atoms with E-state index in [1.807, 2.05) is 12.1 Å². The minimum absolute atomic E-state index is 0.110. The van der Waals surface area contributed by atoms with Crippen molar-refractivity contribution in [2.24, 2.45) is 0 Å². The molecule has 0 aliphatic rings. The van der Waals surface area contributed by atoms with E-state index in [-0.39, 0.29) is 16.3 Å². The Morgan fingerprint density at radius 2 is 2.04 bits per heavy atom. The van der Waals surface area contributed by atoms with Crippen LogP contribution in [0.5, 0.6) is 5.75 Å². The molecule has 0 unspecified atom stereocenters. The molecule has 0 saturated heterocycles. The zero-order valence-electron chi connectivity index (χ0n) is 13.2. The van der Waals surface area contributed by atoms with Crippen LogP contribution >= 0.6 is 11.6 Å². The van der Waals surface area contributed by atoms with Crippen molar-refractivity contribution in [3.63, 3.8) is 0 Å². The maximum absolute atomic E-state index is 14.6. The maximum Gasteiger partial charge on any atom is 0.177 e. The number of imidazole rings is 1. The Hall–Kier alpha value is -2.93. The number of hydrogen-bond donors (Lipinski definition) is 1. The van der Waals surface area contributed by atoms with Crippen molar-refractivity contribution in [3.05, 3.63) is 59.3 Å². The number of fused-ring (bicyclic) bond motifs is 1. The standard InChI is InChI=1S/C17H13ClFN5O/c1-25-13-3-2-11(18)14(15(13)19)16-22-12-8-21-24(17(12)23-16)9-10-4-6-20-7-5-10/h2-8H,9H2,1H3,(H,22,23). The van der Waals surface area contributed by atoms with E-state index >= 15 is 0 Å². The molecule has 4 rings (SSSR count). The topological polar surface area (TPSA) is 68.6 Å². The SMILES string of the molecule is COc1ccc(Cl)c(-c2nc3c(cnn3Cc3ccncc3)[nH]2)c1F. The first-order chi connectivity index (χ1) is 12.2. The van der Waals surface area contributed by atoms with Gasteiger partial charge in [0.1, 0.15) is 11.3 Å². The number of H-pyrrole nitrogens is 1. The molecule has 8 heteroatoms. The van der Waals surface area contributed by atoms with Crippen LogP contribution in [0.15, 0.2) is 42.9 Å². The van der Waals surface area contributed by atoms with Crippen LogP contribution < -0.4 is 4.74 Å². The van der Waals surface area contributed by atoms with Crippen LogP contribution in [0.4, 0.5) is 4.39 Å². The first-order valence-corrected chi connectivity index (χ1v) is 7.88. The van der Waals surface area contributed by atoms with E-state index in [9.17, 15) is 4.39 Å². The average molecular weight is 358 g/mol. The first-order valence-electron chi connectivity index (χ1n) is 7.50. The molecule has 0 spiro atoms. The minimum atomic E-state index is -0.556. The lowest BCUT2D eigenvalue weighted by Crippen LogP contribution is -2.02. The highest BCUT2D eigenvalue weighted by Crippen LogP contribution is 2.34. The van der Waals surface area contributed by atoms with Crippen molar-refractivity contribution in [1.82, 2.24) is 24.7 Å². The molecule has 126 valence electrons. The molecule has 25 heavy (non-hydrogen) atoms. The number of ether oxygens (including phenoxy) is 1. The third-order valence-corrected chi connectivity index (χ3v) is 4.19. The molecule has 3 heterocycles. The number of halogens is 2. The van der Waals surface area contributed by atoms with Gasteiger partial charge in [-0.3, -0.25) is 4.98 Å². The lowest BCUT2D eigenvalue weighted by atomic mass is 10.2. The smallest absolute Gasteiger partial charge is 0.177 e. The Labute approximate surface area is 147 Å². The summed E-state index contributed by atoms with van der Waals surface area (Å²) >= 11 is 6.17. The molecule has 0 bridgehead atoms. The molecule has 0 fully saturated rings. The molecular weight excluding hydrogens is 345 g/mol. The van der Waals surface area contributed by atoms with Gasteiger partial charge in [-0.15, -0.1) is 0 Å². The molecule has 0 atom stereocenters. The summed E-state index contributed by atoms with van der Waals surface area (Å²) in [6.45, 7) is 0.532. The number of aromatic amines is 1. The summed E-state index contributed by atoms with van der Waals surface area (Å²) in [6.07, 6.45) is 5.09. The van der Waals surface area contributed by atoms with Gasteiger partial charge < -0.3 is 9.72 Å². The number of methoxy groups -OCH3 is 1. The summed E-state index contributed by atoms with van der Waals surface area (Å²) < 4.78 is 21.4. The van der Waals surface area contributed by atoms with Gasteiger partial charge in [0.15, 0.2) is 17.2 Å². The Morgan fingerprint density at radius 1 is 1.24 bits per heavy atom. The highest BCUT2D eigenvalue weighted by atomic mass is 35.5. The second-order valence-electron chi connectivity index (χ2n) is 5.42. The monoisotopic (exact) mass is 357 g/mol. The number of nitrogens with zero attached hydrogens (tertiary/aromatic N) is 4. The Bertz CT molecular complexity index is 1040. The summed E-state index contributed by atoms with van der Waals surface area (Å²) in [5.74, 6) is -0.115. The zero-order chi connectivity index (χ0) is 17.4. The Morgan fingerprint density at radius 3 is 2.80 bits per heavy atom. The molecule has 1 aromatic carbocycles. The number of pyridine rings is 1. The van der Waals surface area contributed by atoms with Crippen LogP contribution in [0.2, 0.25) is 5.02 Å². The van der Waals surface area contributed by atoms with E-state index in [2.05, 4.69) is 20.1 Å². The summed E-state index contributed by atoms with van der Waals surface area (Å²) in [5, 5.41) is 4.57. The number of hydrogen-bond acceptors (Lipinski definition) is 4. The molecule has 0 saturated carbocycles. The largest absolute Gasteiger partial charge is 0.494 e. The van der Waals surface area contributed by atoms with E-state index in [1.54, 1.807) is 29.3 Å². The molecule has 0 aliphatic heterocycles. The number of rotatable bonds is 4. The zero-order valence-corrected chi connectivity index (χ0v) is 14.0. The maximum atomic E-state index is 14.6. The van der Waals surface area contributed by atoms with Gasteiger partial charge in [0.05, 0.1) is 30.4 Å². The summed E-state index contributed by atoms with van der Waals surface area (Å²) in [4.78, 5) is 11.5. The van der Waals surface area contributed by atoms with Crippen molar-refractivity contribution in [2.45, 2.75) is 6.54 Å². The first kappa shape index (κ1) is 15.6. The van der Waals surface area contributed by atoms with Gasteiger partial charge in [-0.05, 0) is 29.8 Å². The Kier molecular flexibility index (Phi) is 3.85. The molecule has 0 radical (unpaired) electrons. The van der Waals surface area contributed by atoms with E-state index in [0.717, 1.165) is 5.56 Å². The normalized spacial score (nSPS) is 11.2. The number of benzene rings is 1. The van der Waals surface area contributed by atoms with Crippen molar-refractivity contribution < 1.29 is 9.13 Å². The second-order valence-corrected chi connectivity index (χ2v) is 5.83. The van der Waals surface area contributed by atoms with Crippen molar-refractivity contribution in [1.29, 1.82) is 0 Å². The predicted molar refractivity (Wildman–Crippen MR) is 92.2 cm³/mol. The fraction of sp³-hybridized carbons (Fsp3) is 0.118. The van der Waals surface area contributed by atoms with Gasteiger partial charge in [0.2, 0.25) is 0 Å². The van der Waals surface area contributed by atoms with Gasteiger partial charge in [0.25, 0.3) is 0 Å². The van der Waals surface area contributed by atoms with Crippen molar-refractivity contribution in [2.75, 3.05) is 7.11 Å². The molecule has 6 nitrogen and oxygen atoms in total. The van der Waals surface area contributed by atoms with E-state index in [4.69, 9.17) is 16.3 Å². The summed E-state index contributed by atoms with van der Waals surface area (Å²) in [5.41, 5.74) is 2.52. The van der Waals surface area contributed by atoms with Crippen molar-refractivity contribution >= 4 is 22.8 Å². The highest BCUT2D eigenvalue weighted by molar-refractivity contribution is 6.33. The molecule has 3 aromatic heterocycles. The fourth-order valence-electron chi connectivity index (χ4n) is 2.65. The van der Waals surface area contributed by atoms with Crippen LogP contribution in [0.25, 0.3) is 22.6 Å². The Balaban J connectivity index is 1.79. The van der Waals surface area contributed by atoms with Crippen LogP contribution in [-0.4, -0.2) is 31.8 Å². The molecular formula is C17H13ClFN5O. The van der Waals surface area contributed by atoms with Crippen LogP contribution in [-0.2, 0) is 6.54 Å². The van der Waals surface area contributed by atoms with Gasteiger partial charge in [-0.2, -0.15) is 5.10 Å². The van der Waals surface area contributed by atoms with Gasteiger partial charge in [-0.1, -0.05) is 11.6 Å². The number of nitrogens with one attached hydrogen (secondary N) is 1. The van der Waals surface area contributed by atoms with Crippen LogP contribution in [0.1, 0.15) is 5.56 Å². The third kappa shape index (κ3) is 2.72. The third-order valence-electron chi connectivity index (χ3n) is 3.88. The quantitative estimate of drug-likeness (QED) is 0.605. The van der Waals surface area contributed by atoms with Crippen molar-refractivity contribution in [3.8, 4) is 17.1 Å². The van der Waals surface area contributed by atoms with E-state index < -0.39 is 5.82 Å². The molecule has 4 aromatic rings. The summed E-state index contributed by atoms with van der Waals surface area (Å²) in [7, 11) is 1.40. The van der Waals surface area contributed by atoms with E-state index in [0.29, 0.717) is 23.5 Å². The second kappa shape index (κ2) is 6.18. The molecule has 0 amide bonds. The number of aromatic nitrogens is 5. The predicted octanol–water partition coefficient (Wildman–Crippen LogP) is 3.67. The fourth-order valence-corrected chi connectivity index (χ4v) is 2.89.